The van der Waals surface area contributed by atoms with Crippen LogP contribution in [-0.2, 0) is 6.54 Å². The van der Waals surface area contributed by atoms with Crippen LogP contribution in [0.5, 0.6) is 0 Å². The summed E-state index contributed by atoms with van der Waals surface area (Å²) in [4.78, 5) is 6.42. The number of piperidine rings is 1. The van der Waals surface area contributed by atoms with Crippen molar-refractivity contribution >= 4 is 0 Å². The van der Waals surface area contributed by atoms with Gasteiger partial charge in [-0.3, -0.25) is 9.58 Å². The molecule has 0 spiro atoms. The number of hydrogen-bond acceptors (Lipinski definition) is 3. The van der Waals surface area contributed by atoms with Gasteiger partial charge in [-0.25, -0.2) is 4.98 Å². The Bertz CT molecular complexity index is 294. The number of aromatic nitrogens is 3. The number of hydrogen-bond donors (Lipinski definition) is 0. The smallest absolute Gasteiger partial charge is 0.137 e. The van der Waals surface area contributed by atoms with E-state index in [0.717, 1.165) is 19.6 Å². The summed E-state index contributed by atoms with van der Waals surface area (Å²) in [6, 6.07) is 0. The molecule has 2 heterocycles. The van der Waals surface area contributed by atoms with Crippen molar-refractivity contribution in [3.63, 3.8) is 0 Å². The summed E-state index contributed by atoms with van der Waals surface area (Å²) in [5.41, 5.74) is 0. The molecule has 0 unspecified atom stereocenters. The van der Waals surface area contributed by atoms with Gasteiger partial charge in [0.25, 0.3) is 0 Å². The molecule has 1 aromatic heterocycles. The van der Waals surface area contributed by atoms with Crippen LogP contribution >= 0.6 is 0 Å². The molecule has 0 saturated carbocycles. The van der Waals surface area contributed by atoms with E-state index in [2.05, 4.69) is 21.6 Å². The average Bonchev–Trinajstić information content (AvgIpc) is 2.71. The van der Waals surface area contributed by atoms with Crippen LogP contribution in [-0.4, -0.2) is 39.3 Å². The molecule has 2 rings (SSSR count). The highest BCUT2D eigenvalue weighted by molar-refractivity contribution is 4.79. The molecule has 0 N–H and O–H groups in total. The first-order valence-corrected chi connectivity index (χ1v) is 5.54. The molecule has 4 heteroatoms. The fraction of sp³-hybridized carbons (Fsp3) is 0.636. The molecular formula is C11H18N4. The van der Waals surface area contributed by atoms with E-state index >= 15 is 0 Å². The van der Waals surface area contributed by atoms with Crippen LogP contribution in [0.3, 0.4) is 0 Å². The maximum Gasteiger partial charge on any atom is 0.137 e. The highest BCUT2D eigenvalue weighted by Crippen LogP contribution is 2.17. The lowest BCUT2D eigenvalue weighted by Gasteiger charge is -2.31. The van der Waals surface area contributed by atoms with Crippen molar-refractivity contribution < 1.29 is 0 Å². The van der Waals surface area contributed by atoms with Crippen LogP contribution in [0, 0.1) is 5.92 Å². The zero-order chi connectivity index (χ0) is 10.5. The van der Waals surface area contributed by atoms with E-state index in [-0.39, 0.29) is 0 Å². The molecule has 0 aromatic carbocycles. The van der Waals surface area contributed by atoms with Crippen LogP contribution in [0.2, 0.25) is 0 Å². The van der Waals surface area contributed by atoms with E-state index in [1.807, 2.05) is 10.8 Å². The van der Waals surface area contributed by atoms with Gasteiger partial charge in [-0.2, -0.15) is 5.10 Å². The van der Waals surface area contributed by atoms with E-state index in [4.69, 9.17) is 0 Å². The Kier molecular flexibility index (Phi) is 3.50. The van der Waals surface area contributed by atoms with Crippen LogP contribution in [0.15, 0.2) is 25.3 Å². The third-order valence-electron chi connectivity index (χ3n) is 2.90. The molecular weight excluding hydrogens is 188 g/mol. The molecule has 0 aliphatic carbocycles. The van der Waals surface area contributed by atoms with Crippen molar-refractivity contribution in [3.8, 4) is 0 Å². The molecule has 0 amide bonds. The highest BCUT2D eigenvalue weighted by Gasteiger charge is 2.19. The minimum atomic E-state index is 0.709. The van der Waals surface area contributed by atoms with Crippen molar-refractivity contribution in [2.45, 2.75) is 19.4 Å². The lowest BCUT2D eigenvalue weighted by atomic mass is 9.98. The largest absolute Gasteiger partial charge is 0.299 e. The molecule has 1 saturated heterocycles. The predicted molar refractivity (Wildman–Crippen MR) is 59.4 cm³/mol. The van der Waals surface area contributed by atoms with Gasteiger partial charge in [-0.05, 0) is 25.3 Å². The van der Waals surface area contributed by atoms with E-state index in [1.54, 1.807) is 12.7 Å². The lowest BCUT2D eigenvalue weighted by molar-refractivity contribution is 0.174. The van der Waals surface area contributed by atoms with Crippen LogP contribution in [0.4, 0.5) is 0 Å². The summed E-state index contributed by atoms with van der Waals surface area (Å²) in [5.74, 6) is 0.709. The van der Waals surface area contributed by atoms with Gasteiger partial charge in [0, 0.05) is 19.6 Å². The molecule has 1 aliphatic heterocycles. The van der Waals surface area contributed by atoms with Crippen molar-refractivity contribution in [2.24, 2.45) is 5.92 Å². The summed E-state index contributed by atoms with van der Waals surface area (Å²) < 4.78 is 1.93. The Balaban J connectivity index is 1.84. The average molecular weight is 206 g/mol. The Hall–Kier alpha value is -1.16. The van der Waals surface area contributed by atoms with E-state index in [1.165, 1.54) is 19.4 Å². The van der Waals surface area contributed by atoms with Gasteiger partial charge >= 0.3 is 0 Å². The lowest BCUT2D eigenvalue weighted by Crippen LogP contribution is -2.37. The topological polar surface area (TPSA) is 34.0 Å². The maximum absolute atomic E-state index is 4.15. The minimum Gasteiger partial charge on any atom is -0.299 e. The fourth-order valence-corrected chi connectivity index (χ4v) is 2.24. The van der Waals surface area contributed by atoms with Gasteiger partial charge in [-0.1, -0.05) is 6.08 Å². The minimum absolute atomic E-state index is 0.709. The molecule has 1 aromatic rings. The van der Waals surface area contributed by atoms with E-state index in [9.17, 15) is 0 Å². The molecule has 82 valence electrons. The summed E-state index contributed by atoms with van der Waals surface area (Å²) in [6.07, 6.45) is 7.97. The standard InChI is InChI=1S/C11H18N4/c1-2-5-14-6-3-4-11(7-14)8-15-10-12-9-13-15/h2,9-11H,1,3-8H2/t11-/m1/s1. The van der Waals surface area contributed by atoms with Gasteiger partial charge in [0.05, 0.1) is 0 Å². The maximum atomic E-state index is 4.15. The van der Waals surface area contributed by atoms with Gasteiger partial charge in [0.2, 0.25) is 0 Å². The Labute approximate surface area is 90.6 Å². The Morgan fingerprint density at radius 1 is 1.53 bits per heavy atom. The van der Waals surface area contributed by atoms with Gasteiger partial charge in [0.15, 0.2) is 0 Å². The zero-order valence-corrected chi connectivity index (χ0v) is 9.05. The molecule has 4 nitrogen and oxygen atoms in total. The third kappa shape index (κ3) is 2.89. The highest BCUT2D eigenvalue weighted by atomic mass is 15.3. The first kappa shape index (κ1) is 10.4. The third-order valence-corrected chi connectivity index (χ3v) is 2.90. The molecule has 0 bridgehead atoms. The normalized spacial score (nSPS) is 22.8. The Morgan fingerprint density at radius 2 is 2.47 bits per heavy atom. The monoisotopic (exact) mass is 206 g/mol. The van der Waals surface area contributed by atoms with Crippen molar-refractivity contribution in [2.75, 3.05) is 19.6 Å². The first-order chi connectivity index (χ1) is 7.38. The SMILES string of the molecule is C=CCN1CCC[C@@H](Cn2cncn2)C1. The van der Waals surface area contributed by atoms with E-state index < -0.39 is 0 Å². The van der Waals surface area contributed by atoms with E-state index in [0.29, 0.717) is 5.92 Å². The van der Waals surface area contributed by atoms with Crippen LogP contribution < -0.4 is 0 Å². The first-order valence-electron chi connectivity index (χ1n) is 5.54. The van der Waals surface area contributed by atoms with Gasteiger partial charge < -0.3 is 0 Å². The predicted octanol–water partition coefficient (Wildman–Crippen LogP) is 1.18. The molecule has 1 atom stereocenters. The van der Waals surface area contributed by atoms with Crippen molar-refractivity contribution in [1.29, 1.82) is 0 Å². The summed E-state index contributed by atoms with van der Waals surface area (Å²) in [5, 5.41) is 4.15. The second-order valence-corrected chi connectivity index (χ2v) is 4.17. The number of rotatable bonds is 4. The Morgan fingerprint density at radius 3 is 3.20 bits per heavy atom. The quantitative estimate of drug-likeness (QED) is 0.694. The summed E-state index contributed by atoms with van der Waals surface area (Å²) >= 11 is 0. The van der Waals surface area contributed by atoms with Gasteiger partial charge in [0.1, 0.15) is 12.7 Å². The molecule has 1 fully saturated rings. The fourth-order valence-electron chi connectivity index (χ4n) is 2.24. The summed E-state index contributed by atoms with van der Waals surface area (Å²) in [7, 11) is 0. The van der Waals surface area contributed by atoms with Gasteiger partial charge in [-0.15, -0.1) is 6.58 Å². The zero-order valence-electron chi connectivity index (χ0n) is 9.05. The molecule has 1 aliphatic rings. The van der Waals surface area contributed by atoms with Crippen LogP contribution in [0.25, 0.3) is 0 Å². The second kappa shape index (κ2) is 5.07. The second-order valence-electron chi connectivity index (χ2n) is 4.17. The molecule has 0 radical (unpaired) electrons. The number of likely N-dealkylation sites (tertiary alicyclic amines) is 1. The molecule has 15 heavy (non-hydrogen) atoms. The van der Waals surface area contributed by atoms with Crippen molar-refractivity contribution in [1.82, 2.24) is 19.7 Å². The van der Waals surface area contributed by atoms with Crippen molar-refractivity contribution in [3.05, 3.63) is 25.3 Å². The van der Waals surface area contributed by atoms with Crippen LogP contribution in [0.1, 0.15) is 12.8 Å². The summed E-state index contributed by atoms with van der Waals surface area (Å²) in [6.45, 7) is 8.15. The number of nitrogens with zero attached hydrogens (tertiary/aromatic N) is 4.